The number of halogens is 2. The highest BCUT2D eigenvalue weighted by Gasteiger charge is 2.08. The van der Waals surface area contributed by atoms with Crippen molar-refractivity contribution in [3.05, 3.63) is 46.4 Å². The van der Waals surface area contributed by atoms with E-state index in [2.05, 4.69) is 26.3 Å². The Kier molecular flexibility index (Phi) is 4.55. The fraction of sp³-hybridized carbons (Fsp3) is 0.308. The van der Waals surface area contributed by atoms with Crippen LogP contribution >= 0.6 is 15.9 Å². The average Bonchev–Trinajstić information content (AvgIpc) is 2.85. The zero-order valence-electron chi connectivity index (χ0n) is 10.5. The van der Waals surface area contributed by atoms with Gasteiger partial charge in [0.1, 0.15) is 5.82 Å². The molecule has 2 aromatic rings. The summed E-state index contributed by atoms with van der Waals surface area (Å²) in [4.78, 5) is 0. The number of hydrogen-bond donors (Lipinski definition) is 2. The van der Waals surface area contributed by atoms with E-state index in [0.717, 1.165) is 11.3 Å². The molecular formula is C13H15BrFN3O. The van der Waals surface area contributed by atoms with E-state index in [1.165, 1.54) is 6.07 Å². The SMILES string of the molecule is Cc1cc(F)c(Br)cc1NCC(O)Cn1cccn1. The zero-order valence-corrected chi connectivity index (χ0v) is 12.1. The second-order valence-corrected chi connectivity index (χ2v) is 5.20. The van der Waals surface area contributed by atoms with Crippen LogP contribution in [0.4, 0.5) is 10.1 Å². The Morgan fingerprint density at radius 3 is 3.00 bits per heavy atom. The molecule has 6 heteroatoms. The lowest BCUT2D eigenvalue weighted by atomic mass is 10.2. The fourth-order valence-electron chi connectivity index (χ4n) is 1.75. The van der Waals surface area contributed by atoms with Gasteiger partial charge in [-0.2, -0.15) is 5.10 Å². The van der Waals surface area contributed by atoms with Crippen molar-refractivity contribution < 1.29 is 9.50 Å². The van der Waals surface area contributed by atoms with Crippen molar-refractivity contribution in [2.75, 3.05) is 11.9 Å². The first-order valence-electron chi connectivity index (χ1n) is 5.91. The van der Waals surface area contributed by atoms with Crippen molar-refractivity contribution in [2.24, 2.45) is 0 Å². The average molecular weight is 328 g/mol. The Bertz CT molecular complexity index is 545. The smallest absolute Gasteiger partial charge is 0.137 e. The van der Waals surface area contributed by atoms with Crippen molar-refractivity contribution in [1.29, 1.82) is 0 Å². The first kappa shape index (κ1) is 14.0. The summed E-state index contributed by atoms with van der Waals surface area (Å²) in [7, 11) is 0. The maximum absolute atomic E-state index is 13.3. The van der Waals surface area contributed by atoms with Gasteiger partial charge in [0.2, 0.25) is 0 Å². The first-order chi connectivity index (χ1) is 9.06. The highest BCUT2D eigenvalue weighted by molar-refractivity contribution is 9.10. The molecule has 2 rings (SSSR count). The quantitative estimate of drug-likeness (QED) is 0.887. The van der Waals surface area contributed by atoms with Crippen molar-refractivity contribution in [1.82, 2.24) is 9.78 Å². The second-order valence-electron chi connectivity index (χ2n) is 4.34. The van der Waals surface area contributed by atoms with Crippen LogP contribution in [0.15, 0.2) is 35.1 Å². The molecule has 0 saturated carbocycles. The topological polar surface area (TPSA) is 50.1 Å². The number of aliphatic hydroxyl groups is 1. The van der Waals surface area contributed by atoms with E-state index in [1.807, 2.05) is 6.92 Å². The molecule has 1 aromatic heterocycles. The highest BCUT2D eigenvalue weighted by Crippen LogP contribution is 2.24. The van der Waals surface area contributed by atoms with Crippen LogP contribution in [0.2, 0.25) is 0 Å². The van der Waals surface area contributed by atoms with Gasteiger partial charge in [0, 0.05) is 24.6 Å². The number of benzene rings is 1. The third-order valence-electron chi connectivity index (χ3n) is 2.75. The first-order valence-corrected chi connectivity index (χ1v) is 6.70. The van der Waals surface area contributed by atoms with Crippen LogP contribution in [0.3, 0.4) is 0 Å². The van der Waals surface area contributed by atoms with E-state index in [-0.39, 0.29) is 5.82 Å². The lowest BCUT2D eigenvalue weighted by molar-refractivity contribution is 0.161. The summed E-state index contributed by atoms with van der Waals surface area (Å²) in [5.74, 6) is -0.292. The predicted molar refractivity (Wildman–Crippen MR) is 75.6 cm³/mol. The number of hydrogen-bond acceptors (Lipinski definition) is 3. The number of aromatic nitrogens is 2. The van der Waals surface area contributed by atoms with Crippen LogP contribution in [0.5, 0.6) is 0 Å². The zero-order chi connectivity index (χ0) is 13.8. The minimum Gasteiger partial charge on any atom is -0.389 e. The molecule has 0 aliphatic heterocycles. The van der Waals surface area contributed by atoms with Crippen molar-refractivity contribution >= 4 is 21.6 Å². The largest absolute Gasteiger partial charge is 0.389 e. The molecule has 1 aromatic carbocycles. The van der Waals surface area contributed by atoms with Crippen LogP contribution < -0.4 is 5.32 Å². The van der Waals surface area contributed by atoms with E-state index < -0.39 is 6.10 Å². The van der Waals surface area contributed by atoms with Crippen molar-refractivity contribution in [3.8, 4) is 0 Å². The molecule has 1 heterocycles. The van der Waals surface area contributed by atoms with Crippen LogP contribution in [-0.2, 0) is 6.54 Å². The summed E-state index contributed by atoms with van der Waals surface area (Å²) in [5.41, 5.74) is 1.60. The minimum atomic E-state index is -0.567. The molecule has 19 heavy (non-hydrogen) atoms. The summed E-state index contributed by atoms with van der Waals surface area (Å²) in [6, 6.07) is 4.93. The molecule has 0 saturated heterocycles. The Morgan fingerprint density at radius 2 is 2.32 bits per heavy atom. The minimum absolute atomic E-state index is 0.292. The lowest BCUT2D eigenvalue weighted by Crippen LogP contribution is -2.25. The van der Waals surface area contributed by atoms with Gasteiger partial charge in [-0.1, -0.05) is 0 Å². The van der Waals surface area contributed by atoms with Gasteiger partial charge in [-0.05, 0) is 46.6 Å². The van der Waals surface area contributed by atoms with Crippen LogP contribution in [0.1, 0.15) is 5.56 Å². The van der Waals surface area contributed by atoms with Crippen LogP contribution in [-0.4, -0.2) is 27.5 Å². The molecule has 1 atom stereocenters. The molecule has 102 valence electrons. The van der Waals surface area contributed by atoms with Gasteiger partial charge in [0.15, 0.2) is 0 Å². The number of nitrogens with zero attached hydrogens (tertiary/aromatic N) is 2. The summed E-state index contributed by atoms with van der Waals surface area (Å²) in [6.07, 6.45) is 2.90. The molecule has 0 amide bonds. The molecule has 4 nitrogen and oxygen atoms in total. The monoisotopic (exact) mass is 327 g/mol. The van der Waals surface area contributed by atoms with Gasteiger partial charge >= 0.3 is 0 Å². The summed E-state index contributed by atoms with van der Waals surface area (Å²) in [6.45, 7) is 2.61. The summed E-state index contributed by atoms with van der Waals surface area (Å²) < 4.78 is 15.3. The summed E-state index contributed by atoms with van der Waals surface area (Å²) >= 11 is 3.14. The summed E-state index contributed by atoms with van der Waals surface area (Å²) in [5, 5.41) is 17.0. The molecule has 2 N–H and O–H groups in total. The Labute approximate surface area is 119 Å². The van der Waals surface area contributed by atoms with Gasteiger partial charge < -0.3 is 10.4 Å². The lowest BCUT2D eigenvalue weighted by Gasteiger charge is -2.15. The van der Waals surface area contributed by atoms with Crippen molar-refractivity contribution in [2.45, 2.75) is 19.6 Å². The number of anilines is 1. The standard InChI is InChI=1S/C13H15BrFN3O/c1-9-5-12(15)11(14)6-13(9)16-7-10(19)8-18-4-2-3-17-18/h2-6,10,16,19H,7-8H2,1H3. The third-order valence-corrected chi connectivity index (χ3v) is 3.36. The fourth-order valence-corrected chi connectivity index (χ4v) is 2.10. The molecular weight excluding hydrogens is 313 g/mol. The van der Waals surface area contributed by atoms with E-state index >= 15 is 0 Å². The van der Waals surface area contributed by atoms with Gasteiger partial charge in [-0.15, -0.1) is 0 Å². The molecule has 0 aliphatic carbocycles. The second kappa shape index (κ2) is 6.16. The Morgan fingerprint density at radius 1 is 1.53 bits per heavy atom. The maximum atomic E-state index is 13.3. The highest BCUT2D eigenvalue weighted by atomic mass is 79.9. The van der Waals surface area contributed by atoms with E-state index in [1.54, 1.807) is 29.2 Å². The number of nitrogens with one attached hydrogen (secondary N) is 1. The van der Waals surface area contributed by atoms with E-state index in [0.29, 0.717) is 17.6 Å². The van der Waals surface area contributed by atoms with Crippen LogP contribution in [0.25, 0.3) is 0 Å². The molecule has 0 spiro atoms. The van der Waals surface area contributed by atoms with Gasteiger partial charge in [0.25, 0.3) is 0 Å². The normalized spacial score (nSPS) is 12.4. The Hall–Kier alpha value is -1.40. The predicted octanol–water partition coefficient (Wildman–Crippen LogP) is 2.57. The molecule has 1 unspecified atom stereocenters. The van der Waals surface area contributed by atoms with Gasteiger partial charge in [0.05, 0.1) is 17.1 Å². The molecule has 0 fully saturated rings. The number of aryl methyl sites for hydroxylation is 1. The molecule has 0 aliphatic rings. The molecule has 0 bridgehead atoms. The van der Waals surface area contributed by atoms with E-state index in [4.69, 9.17) is 0 Å². The van der Waals surface area contributed by atoms with Gasteiger partial charge in [-0.25, -0.2) is 4.39 Å². The number of rotatable bonds is 5. The Balaban J connectivity index is 1.93. The van der Waals surface area contributed by atoms with Crippen LogP contribution in [0, 0.1) is 12.7 Å². The van der Waals surface area contributed by atoms with E-state index in [9.17, 15) is 9.50 Å². The third kappa shape index (κ3) is 3.78. The maximum Gasteiger partial charge on any atom is 0.137 e. The van der Waals surface area contributed by atoms with Gasteiger partial charge in [-0.3, -0.25) is 4.68 Å². The molecule has 0 radical (unpaired) electrons. The van der Waals surface area contributed by atoms with Crippen molar-refractivity contribution in [3.63, 3.8) is 0 Å². The number of aliphatic hydroxyl groups excluding tert-OH is 1.